The largest absolute Gasteiger partial charge is 0.343 e. The van der Waals surface area contributed by atoms with Gasteiger partial charge in [-0.1, -0.05) is 18.2 Å². The quantitative estimate of drug-likeness (QED) is 0.880. The molecule has 3 heteroatoms. The summed E-state index contributed by atoms with van der Waals surface area (Å²) in [5.41, 5.74) is 4.18. The summed E-state index contributed by atoms with van der Waals surface area (Å²) in [5, 5.41) is 3.38. The Morgan fingerprint density at radius 1 is 1.22 bits per heavy atom. The summed E-state index contributed by atoms with van der Waals surface area (Å²) >= 11 is 0. The average molecular weight is 244 g/mol. The molecule has 1 N–H and O–H groups in total. The Labute approximate surface area is 108 Å². The van der Waals surface area contributed by atoms with Crippen LogP contribution < -0.4 is 5.32 Å². The van der Waals surface area contributed by atoms with Crippen LogP contribution in [0.25, 0.3) is 0 Å². The Bertz CT molecular complexity index is 450. The van der Waals surface area contributed by atoms with Gasteiger partial charge in [-0.2, -0.15) is 0 Å². The Morgan fingerprint density at radius 3 is 2.89 bits per heavy atom. The highest BCUT2D eigenvalue weighted by atomic mass is 16.2. The average Bonchev–Trinajstić information content (AvgIpc) is 3.05. The predicted molar refractivity (Wildman–Crippen MR) is 71.1 cm³/mol. The van der Waals surface area contributed by atoms with E-state index in [1.165, 1.54) is 29.5 Å². The first-order valence-electron chi connectivity index (χ1n) is 6.93. The molecule has 0 aliphatic carbocycles. The monoisotopic (exact) mass is 244 g/mol. The minimum atomic E-state index is 0.330. The molecular formula is C15H20N2O. The molecule has 2 heterocycles. The van der Waals surface area contributed by atoms with E-state index in [9.17, 15) is 4.79 Å². The molecule has 1 fully saturated rings. The van der Waals surface area contributed by atoms with Crippen LogP contribution >= 0.6 is 0 Å². The second kappa shape index (κ2) is 5.11. The summed E-state index contributed by atoms with van der Waals surface area (Å²) < 4.78 is 0. The molecule has 1 saturated heterocycles. The number of hydrogen-bond donors (Lipinski definition) is 1. The fourth-order valence-electron chi connectivity index (χ4n) is 3.00. The number of carbonyl (C=O) groups excluding carboxylic acids is 1. The molecule has 1 amide bonds. The third-order valence-electron chi connectivity index (χ3n) is 4.05. The van der Waals surface area contributed by atoms with Crippen molar-refractivity contribution in [1.29, 1.82) is 0 Å². The van der Waals surface area contributed by atoms with Crippen molar-refractivity contribution in [3.63, 3.8) is 0 Å². The van der Waals surface area contributed by atoms with Gasteiger partial charge in [0.15, 0.2) is 0 Å². The van der Waals surface area contributed by atoms with E-state index in [0.29, 0.717) is 12.3 Å². The first kappa shape index (κ1) is 11.7. The lowest BCUT2D eigenvalue weighted by Crippen LogP contribution is -2.27. The van der Waals surface area contributed by atoms with E-state index < -0.39 is 0 Å². The summed E-state index contributed by atoms with van der Waals surface area (Å²) in [6, 6.07) is 6.46. The van der Waals surface area contributed by atoms with Crippen LogP contribution in [0, 0.1) is 0 Å². The van der Waals surface area contributed by atoms with E-state index in [2.05, 4.69) is 23.5 Å². The molecule has 0 radical (unpaired) electrons. The third-order valence-corrected chi connectivity index (χ3v) is 4.05. The van der Waals surface area contributed by atoms with Crippen LogP contribution in [-0.2, 0) is 24.3 Å². The van der Waals surface area contributed by atoms with Crippen molar-refractivity contribution >= 4 is 5.91 Å². The van der Waals surface area contributed by atoms with E-state index in [1.807, 2.05) is 4.90 Å². The molecule has 1 aromatic carbocycles. The first-order valence-corrected chi connectivity index (χ1v) is 6.93. The second-order valence-electron chi connectivity index (χ2n) is 5.25. The molecule has 3 nitrogen and oxygen atoms in total. The summed E-state index contributed by atoms with van der Waals surface area (Å²) in [4.78, 5) is 14.0. The summed E-state index contributed by atoms with van der Waals surface area (Å²) in [5.74, 6) is 0.330. The summed E-state index contributed by atoms with van der Waals surface area (Å²) in [7, 11) is 0. The lowest BCUT2D eigenvalue weighted by molar-refractivity contribution is -0.130. The maximum Gasteiger partial charge on any atom is 0.222 e. The van der Waals surface area contributed by atoms with Gasteiger partial charge in [-0.3, -0.25) is 4.79 Å². The molecule has 0 unspecified atom stereocenters. The molecule has 96 valence electrons. The molecule has 2 aliphatic rings. The van der Waals surface area contributed by atoms with Gasteiger partial charge in [-0.25, -0.2) is 0 Å². The molecule has 1 aromatic rings. The maximum absolute atomic E-state index is 12.0. The number of nitrogens with zero attached hydrogens (tertiary/aromatic N) is 1. The van der Waals surface area contributed by atoms with Gasteiger partial charge in [-0.05, 0) is 36.0 Å². The molecular weight excluding hydrogens is 224 g/mol. The zero-order chi connectivity index (χ0) is 12.4. The van der Waals surface area contributed by atoms with Crippen molar-refractivity contribution in [3.05, 3.63) is 34.9 Å². The number of rotatable bonds is 3. The van der Waals surface area contributed by atoms with Crippen molar-refractivity contribution in [2.75, 3.05) is 13.1 Å². The smallest absolute Gasteiger partial charge is 0.222 e. The number of carbonyl (C=O) groups is 1. The Balaban J connectivity index is 1.63. The molecule has 0 spiro atoms. The molecule has 18 heavy (non-hydrogen) atoms. The van der Waals surface area contributed by atoms with Gasteiger partial charge in [0.25, 0.3) is 0 Å². The van der Waals surface area contributed by atoms with E-state index in [-0.39, 0.29) is 0 Å². The number of benzene rings is 1. The molecule has 0 bridgehead atoms. The normalized spacial score (nSPS) is 18.1. The Morgan fingerprint density at radius 2 is 2.06 bits per heavy atom. The van der Waals surface area contributed by atoms with Crippen molar-refractivity contribution in [1.82, 2.24) is 10.2 Å². The van der Waals surface area contributed by atoms with E-state index in [4.69, 9.17) is 0 Å². The zero-order valence-corrected chi connectivity index (χ0v) is 10.7. The van der Waals surface area contributed by atoms with Gasteiger partial charge in [0.1, 0.15) is 0 Å². The highest BCUT2D eigenvalue weighted by Crippen LogP contribution is 2.21. The standard InChI is InChI=1S/C15H20N2O/c18-15(17-8-1-2-9-17)7-6-12-4-3-5-13-10-16-11-14(12)13/h3-5,16H,1-2,6-11H2. The van der Waals surface area contributed by atoms with Gasteiger partial charge in [0, 0.05) is 32.6 Å². The van der Waals surface area contributed by atoms with Crippen LogP contribution in [0.3, 0.4) is 0 Å². The van der Waals surface area contributed by atoms with E-state index in [1.54, 1.807) is 0 Å². The van der Waals surface area contributed by atoms with Gasteiger partial charge >= 0.3 is 0 Å². The number of fused-ring (bicyclic) bond motifs is 1. The number of hydrogen-bond acceptors (Lipinski definition) is 2. The van der Waals surface area contributed by atoms with Crippen molar-refractivity contribution < 1.29 is 4.79 Å². The maximum atomic E-state index is 12.0. The van der Waals surface area contributed by atoms with E-state index in [0.717, 1.165) is 32.6 Å². The minimum absolute atomic E-state index is 0.330. The molecule has 0 atom stereocenters. The first-order chi connectivity index (χ1) is 8.84. The number of likely N-dealkylation sites (tertiary alicyclic amines) is 1. The van der Waals surface area contributed by atoms with Gasteiger partial charge in [-0.15, -0.1) is 0 Å². The van der Waals surface area contributed by atoms with Crippen molar-refractivity contribution in [3.8, 4) is 0 Å². The van der Waals surface area contributed by atoms with Gasteiger partial charge in [0.05, 0.1) is 0 Å². The molecule has 0 saturated carbocycles. The van der Waals surface area contributed by atoms with Crippen LogP contribution in [0.15, 0.2) is 18.2 Å². The van der Waals surface area contributed by atoms with Crippen molar-refractivity contribution in [2.45, 2.75) is 38.8 Å². The number of nitrogens with one attached hydrogen (secondary N) is 1. The fourth-order valence-corrected chi connectivity index (χ4v) is 3.00. The predicted octanol–water partition coefficient (Wildman–Crippen LogP) is 1.84. The van der Waals surface area contributed by atoms with Gasteiger partial charge < -0.3 is 10.2 Å². The van der Waals surface area contributed by atoms with Crippen LogP contribution in [0.5, 0.6) is 0 Å². The molecule has 2 aliphatic heterocycles. The topological polar surface area (TPSA) is 32.3 Å². The number of amides is 1. The highest BCUT2D eigenvalue weighted by molar-refractivity contribution is 5.76. The van der Waals surface area contributed by atoms with Crippen LogP contribution in [0.2, 0.25) is 0 Å². The van der Waals surface area contributed by atoms with Crippen LogP contribution in [0.4, 0.5) is 0 Å². The minimum Gasteiger partial charge on any atom is -0.343 e. The second-order valence-corrected chi connectivity index (χ2v) is 5.25. The summed E-state index contributed by atoms with van der Waals surface area (Å²) in [6.07, 6.45) is 3.91. The Hall–Kier alpha value is -1.35. The van der Waals surface area contributed by atoms with Crippen LogP contribution in [0.1, 0.15) is 36.0 Å². The van der Waals surface area contributed by atoms with Crippen LogP contribution in [-0.4, -0.2) is 23.9 Å². The third kappa shape index (κ3) is 2.27. The molecule has 3 rings (SSSR count). The Kier molecular flexibility index (Phi) is 3.33. The number of aryl methyl sites for hydroxylation is 1. The van der Waals surface area contributed by atoms with Gasteiger partial charge in [0.2, 0.25) is 5.91 Å². The lowest BCUT2D eigenvalue weighted by atomic mass is 9.99. The highest BCUT2D eigenvalue weighted by Gasteiger charge is 2.19. The fraction of sp³-hybridized carbons (Fsp3) is 0.533. The molecule has 0 aromatic heterocycles. The lowest BCUT2D eigenvalue weighted by Gasteiger charge is -2.15. The van der Waals surface area contributed by atoms with Crippen molar-refractivity contribution in [2.24, 2.45) is 0 Å². The zero-order valence-electron chi connectivity index (χ0n) is 10.7. The summed E-state index contributed by atoms with van der Waals surface area (Å²) in [6.45, 7) is 3.87. The SMILES string of the molecule is O=C(CCc1cccc2c1CNC2)N1CCCC1. The van der Waals surface area contributed by atoms with E-state index >= 15 is 0 Å².